The third-order valence-electron chi connectivity index (χ3n) is 5.01. The zero-order chi connectivity index (χ0) is 19.9. The number of rotatable bonds is 7. The fourth-order valence-corrected chi connectivity index (χ4v) is 3.33. The Labute approximate surface area is 166 Å². The molecule has 2 heterocycles. The topological polar surface area (TPSA) is 68.8 Å². The third kappa shape index (κ3) is 4.60. The molecule has 0 atom stereocenters. The van der Waals surface area contributed by atoms with Crippen LogP contribution in [0.4, 0.5) is 17.1 Å². The molecule has 0 unspecified atom stereocenters. The molecule has 1 fully saturated rings. The zero-order valence-electron chi connectivity index (χ0n) is 16.5. The van der Waals surface area contributed by atoms with Gasteiger partial charge in [0.05, 0.1) is 0 Å². The second kappa shape index (κ2) is 9.21. The number of nitrogens with one attached hydrogen (secondary N) is 1. The minimum atomic E-state index is -0.105. The first kappa shape index (κ1) is 19.7. The van der Waals surface area contributed by atoms with Gasteiger partial charge in [0.25, 0.3) is 5.91 Å². The van der Waals surface area contributed by atoms with E-state index in [9.17, 15) is 9.59 Å². The van der Waals surface area contributed by atoms with Crippen LogP contribution in [0.3, 0.4) is 0 Å². The van der Waals surface area contributed by atoms with Gasteiger partial charge in [-0.1, -0.05) is 0 Å². The highest BCUT2D eigenvalue weighted by molar-refractivity contribution is 5.93. The van der Waals surface area contributed by atoms with Gasteiger partial charge in [0.1, 0.15) is 5.69 Å². The zero-order valence-corrected chi connectivity index (χ0v) is 16.5. The Bertz CT molecular complexity index is 797. The van der Waals surface area contributed by atoms with Crippen LogP contribution in [0.5, 0.6) is 0 Å². The first-order valence-corrected chi connectivity index (χ1v) is 9.71. The lowest BCUT2D eigenvalue weighted by atomic mass is 10.2. The molecule has 1 aliphatic rings. The average molecular weight is 381 g/mol. The number of piperazine rings is 1. The molecule has 7 heteroatoms. The molecule has 1 aromatic heterocycles. The molecule has 2 amide bonds. The number of hydrogen-bond acceptors (Lipinski definition) is 5. The Kier molecular flexibility index (Phi) is 6.47. The quantitative estimate of drug-likeness (QED) is 0.747. The van der Waals surface area contributed by atoms with Gasteiger partial charge in [0, 0.05) is 62.5 Å². The van der Waals surface area contributed by atoms with Crippen molar-refractivity contribution in [3.8, 4) is 0 Å². The summed E-state index contributed by atoms with van der Waals surface area (Å²) in [6, 6.07) is 11.9. The van der Waals surface area contributed by atoms with E-state index in [0.717, 1.165) is 30.9 Å². The van der Waals surface area contributed by atoms with Gasteiger partial charge in [-0.2, -0.15) is 0 Å². The molecule has 2 aromatic rings. The molecule has 1 N–H and O–H groups in total. The summed E-state index contributed by atoms with van der Waals surface area (Å²) >= 11 is 0. The van der Waals surface area contributed by atoms with Gasteiger partial charge in [0.15, 0.2) is 0 Å². The van der Waals surface area contributed by atoms with Crippen LogP contribution in [-0.2, 0) is 4.79 Å². The van der Waals surface area contributed by atoms with E-state index in [4.69, 9.17) is 0 Å². The second-order valence-corrected chi connectivity index (χ2v) is 6.71. The molecule has 3 rings (SSSR count). The van der Waals surface area contributed by atoms with Gasteiger partial charge >= 0.3 is 0 Å². The minimum absolute atomic E-state index is 0.105. The van der Waals surface area contributed by atoms with E-state index in [1.54, 1.807) is 22.1 Å². The number of amides is 2. The number of aromatic nitrogens is 1. The Morgan fingerprint density at radius 1 is 1.07 bits per heavy atom. The van der Waals surface area contributed by atoms with Crippen molar-refractivity contribution < 1.29 is 9.59 Å². The van der Waals surface area contributed by atoms with E-state index in [0.29, 0.717) is 31.9 Å². The van der Waals surface area contributed by atoms with Crippen molar-refractivity contribution in [2.24, 2.45) is 0 Å². The van der Waals surface area contributed by atoms with Crippen LogP contribution >= 0.6 is 0 Å². The van der Waals surface area contributed by atoms with Crippen molar-refractivity contribution in [2.75, 3.05) is 49.5 Å². The van der Waals surface area contributed by atoms with Crippen molar-refractivity contribution in [3.63, 3.8) is 0 Å². The van der Waals surface area contributed by atoms with Crippen LogP contribution in [0.15, 0.2) is 42.6 Å². The average Bonchev–Trinajstić information content (AvgIpc) is 2.75. The lowest BCUT2D eigenvalue weighted by Gasteiger charge is -2.32. The van der Waals surface area contributed by atoms with E-state index >= 15 is 0 Å². The summed E-state index contributed by atoms with van der Waals surface area (Å²) in [7, 11) is 0. The number of nitrogens with zero attached hydrogens (tertiary/aromatic N) is 4. The van der Waals surface area contributed by atoms with Crippen LogP contribution in [0.1, 0.15) is 24.3 Å². The lowest BCUT2D eigenvalue weighted by Crippen LogP contribution is -2.48. The van der Waals surface area contributed by atoms with Crippen molar-refractivity contribution in [2.45, 2.75) is 13.8 Å². The Morgan fingerprint density at radius 2 is 1.75 bits per heavy atom. The number of carbonyl (C=O) groups excluding carboxylic acids is 2. The smallest absolute Gasteiger partial charge is 0.272 e. The van der Waals surface area contributed by atoms with Crippen molar-refractivity contribution in [1.29, 1.82) is 0 Å². The van der Waals surface area contributed by atoms with Crippen molar-refractivity contribution in [3.05, 3.63) is 48.3 Å². The van der Waals surface area contributed by atoms with Gasteiger partial charge in [-0.15, -0.1) is 0 Å². The number of carbonyl (C=O) groups is 2. The molecule has 1 saturated heterocycles. The highest BCUT2D eigenvalue weighted by atomic mass is 16.2. The standard InChI is InChI=1S/C21H27N5O2/c1-3-25(4-2)19-7-5-17(6-8-19)23-18-9-10-22-20(15-18)21(28)26-13-11-24(16-27)12-14-26/h5-10,15-16H,3-4,11-14H2,1-2H3,(H,22,23). The predicted molar refractivity (Wildman–Crippen MR) is 111 cm³/mol. The third-order valence-corrected chi connectivity index (χ3v) is 5.01. The van der Waals surface area contributed by atoms with Crippen LogP contribution in [0, 0.1) is 0 Å². The molecule has 148 valence electrons. The normalized spacial score (nSPS) is 13.9. The van der Waals surface area contributed by atoms with Crippen LogP contribution in [0.25, 0.3) is 0 Å². The fraction of sp³-hybridized carbons (Fsp3) is 0.381. The Morgan fingerprint density at radius 3 is 2.36 bits per heavy atom. The molecule has 0 saturated carbocycles. The number of benzene rings is 1. The predicted octanol–water partition coefficient (Wildman–Crippen LogP) is 2.59. The van der Waals surface area contributed by atoms with Crippen LogP contribution in [0.2, 0.25) is 0 Å². The molecule has 0 spiro atoms. The fourth-order valence-electron chi connectivity index (χ4n) is 3.33. The van der Waals surface area contributed by atoms with Crippen LogP contribution in [-0.4, -0.2) is 66.4 Å². The van der Waals surface area contributed by atoms with E-state index in [2.05, 4.69) is 41.2 Å². The summed E-state index contributed by atoms with van der Waals surface area (Å²) in [5.41, 5.74) is 3.38. The molecule has 1 aliphatic heterocycles. The summed E-state index contributed by atoms with van der Waals surface area (Å²) in [6.45, 7) is 8.42. The molecule has 28 heavy (non-hydrogen) atoms. The molecular weight excluding hydrogens is 354 g/mol. The first-order valence-electron chi connectivity index (χ1n) is 9.71. The second-order valence-electron chi connectivity index (χ2n) is 6.71. The largest absolute Gasteiger partial charge is 0.372 e. The summed E-state index contributed by atoms with van der Waals surface area (Å²) in [5.74, 6) is -0.105. The SMILES string of the molecule is CCN(CC)c1ccc(Nc2ccnc(C(=O)N3CCN(C=O)CC3)c2)cc1. The van der Waals surface area contributed by atoms with Crippen molar-refractivity contribution in [1.82, 2.24) is 14.8 Å². The Hall–Kier alpha value is -3.09. The van der Waals surface area contributed by atoms with Crippen molar-refractivity contribution >= 4 is 29.4 Å². The molecular formula is C21H27N5O2. The molecule has 0 bridgehead atoms. The van der Waals surface area contributed by atoms with Gasteiger partial charge in [0.2, 0.25) is 6.41 Å². The lowest BCUT2D eigenvalue weighted by molar-refractivity contribution is -0.119. The summed E-state index contributed by atoms with van der Waals surface area (Å²) in [5, 5.41) is 3.34. The van der Waals surface area contributed by atoms with Gasteiger partial charge in [-0.25, -0.2) is 0 Å². The highest BCUT2D eigenvalue weighted by Crippen LogP contribution is 2.21. The van der Waals surface area contributed by atoms with E-state index in [1.807, 2.05) is 18.2 Å². The monoisotopic (exact) mass is 381 g/mol. The maximum Gasteiger partial charge on any atom is 0.272 e. The maximum atomic E-state index is 12.7. The van der Waals surface area contributed by atoms with Gasteiger partial charge < -0.3 is 20.0 Å². The van der Waals surface area contributed by atoms with E-state index in [-0.39, 0.29) is 5.91 Å². The first-order chi connectivity index (χ1) is 13.6. The van der Waals surface area contributed by atoms with E-state index < -0.39 is 0 Å². The van der Waals surface area contributed by atoms with Gasteiger partial charge in [-0.3, -0.25) is 14.6 Å². The summed E-state index contributed by atoms with van der Waals surface area (Å²) in [4.78, 5) is 33.5. The number of anilines is 3. The molecule has 0 aliphatic carbocycles. The van der Waals surface area contributed by atoms with E-state index in [1.165, 1.54) is 5.69 Å². The number of pyridine rings is 1. The Balaban J connectivity index is 1.66. The minimum Gasteiger partial charge on any atom is -0.372 e. The molecule has 0 radical (unpaired) electrons. The summed E-state index contributed by atoms with van der Waals surface area (Å²) < 4.78 is 0. The van der Waals surface area contributed by atoms with Gasteiger partial charge in [-0.05, 0) is 50.2 Å². The molecule has 1 aromatic carbocycles. The highest BCUT2D eigenvalue weighted by Gasteiger charge is 2.22. The number of hydrogen-bond donors (Lipinski definition) is 1. The maximum absolute atomic E-state index is 12.7. The molecule has 7 nitrogen and oxygen atoms in total. The van der Waals surface area contributed by atoms with Crippen LogP contribution < -0.4 is 10.2 Å². The summed E-state index contributed by atoms with van der Waals surface area (Å²) in [6.07, 6.45) is 2.47.